The van der Waals surface area contributed by atoms with Gasteiger partial charge in [-0.15, -0.1) is 68.0 Å². The van der Waals surface area contributed by atoms with E-state index in [1.807, 2.05) is 68.0 Å². The van der Waals surface area contributed by atoms with Crippen LogP contribution >= 0.6 is 99.9 Å². The van der Waals surface area contributed by atoms with E-state index in [1.165, 1.54) is 89.7 Å². The van der Waals surface area contributed by atoms with Gasteiger partial charge in [-0.3, -0.25) is 0 Å². The second-order valence-corrected chi connectivity index (χ2v) is 21.7. The molecular weight excluding hydrogens is 785 g/mol. The average molecular weight is 809 g/mol. The first-order valence-corrected chi connectivity index (χ1v) is 20.8. The smallest absolute Gasteiger partial charge is 0.0908 e. The molecule has 0 spiro atoms. The minimum atomic E-state index is -0.334. The molecule has 0 aliphatic heterocycles. The second kappa shape index (κ2) is 9.94. The van der Waals surface area contributed by atoms with Crippen LogP contribution in [0.4, 0.5) is 0 Å². The molecule has 2 aliphatic carbocycles. The van der Waals surface area contributed by atoms with E-state index in [-0.39, 0.29) is 10.8 Å². The first-order chi connectivity index (χ1) is 21.2. The molecule has 0 nitrogen and oxygen atoms in total. The summed E-state index contributed by atoms with van der Waals surface area (Å²) in [5.41, 5.74) is 7.76. The Morgan fingerprint density at radius 2 is 0.727 bits per heavy atom. The minimum absolute atomic E-state index is 0.334. The highest BCUT2D eigenvalue weighted by atomic mass is 79.9. The standard InChI is InChI=1S/C36H24Br2S6/c1-17-5-9-27(39-17)35(28-10-6-18(2)40-28)23-13-22-24(14-21(23)33-25(35)15-31(37)43-33)36(29-11-7-19(3)41-29,30-12-8-20(4)42-30)26-16-32(38)44-34(22)26/h5-16H,1-4H3. The van der Waals surface area contributed by atoms with Gasteiger partial charge in [0.2, 0.25) is 0 Å². The molecule has 0 N–H and O–H groups in total. The van der Waals surface area contributed by atoms with Crippen LogP contribution in [-0.2, 0) is 10.8 Å². The first kappa shape index (κ1) is 28.6. The van der Waals surface area contributed by atoms with Gasteiger partial charge in [0.1, 0.15) is 0 Å². The van der Waals surface area contributed by atoms with Crippen molar-refractivity contribution in [2.24, 2.45) is 0 Å². The van der Waals surface area contributed by atoms with Gasteiger partial charge in [0.15, 0.2) is 0 Å². The van der Waals surface area contributed by atoms with Crippen molar-refractivity contribution in [3.63, 3.8) is 0 Å². The lowest BCUT2D eigenvalue weighted by Crippen LogP contribution is -2.27. The van der Waals surface area contributed by atoms with E-state index >= 15 is 0 Å². The number of hydrogen-bond donors (Lipinski definition) is 0. The van der Waals surface area contributed by atoms with Gasteiger partial charge >= 0.3 is 0 Å². The Kier molecular flexibility index (Phi) is 6.46. The number of aryl methyl sites for hydroxylation is 4. The van der Waals surface area contributed by atoms with Crippen molar-refractivity contribution in [1.29, 1.82) is 0 Å². The summed E-state index contributed by atoms with van der Waals surface area (Å²) in [6.07, 6.45) is 0. The summed E-state index contributed by atoms with van der Waals surface area (Å²) in [6, 6.07) is 28.7. The summed E-state index contributed by atoms with van der Waals surface area (Å²) >= 11 is 19.4. The molecule has 0 unspecified atom stereocenters. The van der Waals surface area contributed by atoms with Crippen molar-refractivity contribution in [2.75, 3.05) is 0 Å². The van der Waals surface area contributed by atoms with E-state index in [9.17, 15) is 0 Å². The molecule has 0 fully saturated rings. The molecule has 6 aromatic heterocycles. The Labute approximate surface area is 298 Å². The Morgan fingerprint density at radius 1 is 0.409 bits per heavy atom. The third kappa shape index (κ3) is 3.68. The van der Waals surface area contributed by atoms with Crippen LogP contribution in [0.3, 0.4) is 0 Å². The number of fused-ring (bicyclic) bond motifs is 6. The van der Waals surface area contributed by atoms with Gasteiger partial charge in [-0.25, -0.2) is 0 Å². The van der Waals surface area contributed by atoms with Gasteiger partial charge in [-0.1, -0.05) is 0 Å². The molecule has 0 bridgehead atoms. The Morgan fingerprint density at radius 3 is 1.00 bits per heavy atom. The maximum absolute atomic E-state index is 3.93. The molecule has 9 rings (SSSR count). The van der Waals surface area contributed by atoms with Gasteiger partial charge < -0.3 is 0 Å². The molecule has 0 saturated carbocycles. The van der Waals surface area contributed by atoms with E-state index in [0.29, 0.717) is 0 Å². The van der Waals surface area contributed by atoms with E-state index < -0.39 is 0 Å². The maximum Gasteiger partial charge on any atom is 0.0908 e. The lowest BCUT2D eigenvalue weighted by molar-refractivity contribution is 0.798. The zero-order chi connectivity index (χ0) is 30.1. The summed E-state index contributed by atoms with van der Waals surface area (Å²) in [5.74, 6) is 0. The Balaban J connectivity index is 1.45. The number of hydrogen-bond acceptors (Lipinski definition) is 6. The number of rotatable bonds is 4. The monoisotopic (exact) mass is 806 g/mol. The van der Waals surface area contributed by atoms with Crippen LogP contribution in [0.25, 0.3) is 20.9 Å². The quantitative estimate of drug-likeness (QED) is 0.166. The van der Waals surface area contributed by atoms with Crippen LogP contribution in [0.15, 0.2) is 80.4 Å². The van der Waals surface area contributed by atoms with Crippen molar-refractivity contribution < 1.29 is 0 Å². The summed E-state index contributed by atoms with van der Waals surface area (Å²) < 4.78 is 2.38. The number of benzene rings is 1. The molecule has 0 saturated heterocycles. The maximum atomic E-state index is 3.93. The van der Waals surface area contributed by atoms with Gasteiger partial charge in [-0.2, -0.15) is 0 Å². The van der Waals surface area contributed by atoms with Crippen LogP contribution < -0.4 is 0 Å². The van der Waals surface area contributed by atoms with E-state index in [0.717, 1.165) is 0 Å². The van der Waals surface area contributed by atoms with Crippen LogP contribution in [0.1, 0.15) is 61.3 Å². The molecule has 7 aromatic rings. The Hall–Kier alpha value is -1.62. The molecule has 0 amide bonds. The van der Waals surface area contributed by atoms with E-state index in [4.69, 9.17) is 0 Å². The average Bonchev–Trinajstić information content (AvgIpc) is 3.82. The molecule has 8 heteroatoms. The fourth-order valence-corrected chi connectivity index (χ4v) is 15.3. The lowest BCUT2D eigenvalue weighted by atomic mass is 9.73. The van der Waals surface area contributed by atoms with Crippen LogP contribution in [0.2, 0.25) is 0 Å². The highest BCUT2D eigenvalue weighted by molar-refractivity contribution is 9.11. The SMILES string of the molecule is Cc1ccc(C2(c3ccc(C)s3)c3cc4c(cc3-c3sc(Br)cc32)C(c2ccc(C)s2)(c2ccc(C)s2)c2cc(Br)sc2-4)s1. The van der Waals surface area contributed by atoms with Crippen LogP contribution in [0.5, 0.6) is 0 Å². The summed E-state index contributed by atoms with van der Waals surface area (Å²) in [5, 5.41) is 0. The summed E-state index contributed by atoms with van der Waals surface area (Å²) in [6.45, 7) is 8.95. The molecule has 0 atom stereocenters. The second-order valence-electron chi connectivity index (χ2n) is 11.7. The van der Waals surface area contributed by atoms with Crippen molar-refractivity contribution in [3.05, 3.63) is 142 Å². The van der Waals surface area contributed by atoms with Gasteiger partial charge in [0, 0.05) is 48.8 Å². The lowest BCUT2D eigenvalue weighted by Gasteiger charge is -2.32. The minimum Gasteiger partial charge on any atom is -0.144 e. The zero-order valence-corrected chi connectivity index (χ0v) is 32.2. The van der Waals surface area contributed by atoms with Gasteiger partial charge in [0.05, 0.1) is 18.4 Å². The molecule has 44 heavy (non-hydrogen) atoms. The fraction of sp³-hybridized carbons (Fsp3) is 0.167. The highest BCUT2D eigenvalue weighted by Crippen LogP contribution is 2.67. The van der Waals surface area contributed by atoms with E-state index in [2.05, 4.69) is 132 Å². The van der Waals surface area contributed by atoms with Crippen molar-refractivity contribution in [3.8, 4) is 20.9 Å². The molecule has 1 aromatic carbocycles. The largest absolute Gasteiger partial charge is 0.144 e. The zero-order valence-electron chi connectivity index (χ0n) is 24.1. The Bertz CT molecular complexity index is 2040. The molecule has 218 valence electrons. The fourth-order valence-electron chi connectivity index (χ4n) is 7.41. The van der Waals surface area contributed by atoms with Crippen molar-refractivity contribution in [2.45, 2.75) is 38.5 Å². The highest BCUT2D eigenvalue weighted by Gasteiger charge is 2.54. The number of halogens is 2. The van der Waals surface area contributed by atoms with Crippen molar-refractivity contribution in [1.82, 2.24) is 0 Å². The molecular formula is C36H24Br2S6. The van der Waals surface area contributed by atoms with Gasteiger partial charge in [0.25, 0.3) is 0 Å². The van der Waals surface area contributed by atoms with Crippen LogP contribution in [-0.4, -0.2) is 0 Å². The summed E-state index contributed by atoms with van der Waals surface area (Å²) in [4.78, 5) is 13.8. The first-order valence-electron chi connectivity index (χ1n) is 14.3. The third-order valence-electron chi connectivity index (χ3n) is 9.11. The van der Waals surface area contributed by atoms with Crippen molar-refractivity contribution >= 4 is 99.9 Å². The topological polar surface area (TPSA) is 0 Å². The number of thiophene rings is 6. The molecule has 6 heterocycles. The van der Waals surface area contributed by atoms with E-state index in [1.54, 1.807) is 0 Å². The predicted octanol–water partition coefficient (Wildman–Crippen LogP) is 13.5. The van der Waals surface area contributed by atoms with Crippen LogP contribution in [0, 0.1) is 27.7 Å². The summed E-state index contributed by atoms with van der Waals surface area (Å²) in [7, 11) is 0. The molecule has 2 aliphatic rings. The normalized spacial score (nSPS) is 15.4. The van der Waals surface area contributed by atoms with Gasteiger partial charge in [-0.05, 0) is 166 Å². The molecule has 0 radical (unpaired) electrons. The third-order valence-corrected chi connectivity index (χ3v) is 16.9. The predicted molar refractivity (Wildman–Crippen MR) is 203 cm³/mol.